The van der Waals surface area contributed by atoms with Crippen molar-refractivity contribution in [3.63, 3.8) is 0 Å². The summed E-state index contributed by atoms with van der Waals surface area (Å²) >= 11 is 5.40. The van der Waals surface area contributed by atoms with Crippen molar-refractivity contribution >= 4 is 11.6 Å². The zero-order valence-corrected chi connectivity index (χ0v) is 5.69. The number of halogens is 1. The zero-order chi connectivity index (χ0) is 6.69. The average Bonchev–Trinajstić information content (AvgIpc) is 2.17. The van der Waals surface area contributed by atoms with Gasteiger partial charge in [-0.2, -0.15) is 0 Å². The molecule has 0 amide bonds. The number of hydrogen-bond acceptors (Lipinski definition) is 2. The highest BCUT2D eigenvalue weighted by molar-refractivity contribution is 6.27. The molecule has 49 valence electrons. The minimum Gasteiger partial charge on any atom is -0.436 e. The molecule has 0 saturated carbocycles. The summed E-state index contributed by atoms with van der Waals surface area (Å²) in [7, 11) is 0. The average molecular weight is 145 g/mol. The topological polar surface area (TPSA) is 26.0 Å². The lowest BCUT2D eigenvalue weighted by molar-refractivity contribution is 0.558. The molecule has 0 bridgehead atoms. The lowest BCUT2D eigenvalue weighted by atomic mass is 10.3. The largest absolute Gasteiger partial charge is 0.436 e. The van der Waals surface area contributed by atoms with Crippen LogP contribution in [0, 0.1) is 6.92 Å². The van der Waals surface area contributed by atoms with E-state index in [0.29, 0.717) is 0 Å². The van der Waals surface area contributed by atoms with Crippen LogP contribution >= 0.6 is 11.6 Å². The van der Waals surface area contributed by atoms with E-state index in [1.807, 2.05) is 0 Å². The Labute approximate surface area is 58.8 Å². The number of aryl methyl sites for hydroxylation is 1. The van der Waals surface area contributed by atoms with Gasteiger partial charge in [-0.1, -0.05) is 6.92 Å². The second-order valence-corrected chi connectivity index (χ2v) is 2.02. The first-order valence-corrected chi connectivity index (χ1v) is 3.10. The third-order valence-corrected chi connectivity index (χ3v) is 1.13. The lowest BCUT2D eigenvalue weighted by Crippen LogP contribution is -1.80. The fraction of sp³-hybridized carbons (Fsp3) is 0.333. The fourth-order valence-corrected chi connectivity index (χ4v) is 0.731. The molecule has 0 atom stereocenters. The molecule has 0 fully saturated rings. The molecule has 0 aliphatic carbocycles. The van der Waals surface area contributed by atoms with Crippen LogP contribution in [0.2, 0.25) is 5.35 Å². The third kappa shape index (κ3) is 1.72. The smallest absolute Gasteiger partial charge is 0.292 e. The first kappa shape index (κ1) is 6.62. The molecule has 0 aliphatic heterocycles. The van der Waals surface area contributed by atoms with Crippen molar-refractivity contribution in [3.8, 4) is 0 Å². The Morgan fingerprint density at radius 3 is 3.00 bits per heavy atom. The molecule has 9 heavy (non-hydrogen) atoms. The van der Waals surface area contributed by atoms with Crippen LogP contribution in [0.4, 0.5) is 0 Å². The molecular weight excluding hydrogens is 138 g/mol. The Hall–Kier alpha value is -0.500. The Bertz CT molecular complexity index is 185. The molecule has 1 aromatic heterocycles. The van der Waals surface area contributed by atoms with E-state index in [9.17, 15) is 0 Å². The maximum atomic E-state index is 5.40. The summed E-state index contributed by atoms with van der Waals surface area (Å²) in [6.07, 6.45) is 3.20. The van der Waals surface area contributed by atoms with E-state index >= 15 is 0 Å². The van der Waals surface area contributed by atoms with Crippen LogP contribution < -0.4 is 0 Å². The number of oxazole rings is 1. The number of nitrogens with zero attached hydrogens (tertiary/aromatic N) is 1. The van der Waals surface area contributed by atoms with Gasteiger partial charge in [0.1, 0.15) is 6.26 Å². The summed E-state index contributed by atoms with van der Waals surface area (Å²) in [5, 5.41) is 0.207. The Kier molecular flexibility index (Phi) is 2.11. The van der Waals surface area contributed by atoms with Crippen molar-refractivity contribution in [2.24, 2.45) is 0 Å². The van der Waals surface area contributed by atoms with Gasteiger partial charge in [0.15, 0.2) is 0 Å². The molecule has 0 unspecified atom stereocenters. The molecule has 2 nitrogen and oxygen atoms in total. The Morgan fingerprint density at radius 1 is 1.78 bits per heavy atom. The van der Waals surface area contributed by atoms with E-state index in [1.54, 1.807) is 6.26 Å². The summed E-state index contributed by atoms with van der Waals surface area (Å²) in [5.74, 6) is 0. The minimum absolute atomic E-state index is 0.207. The Balaban J connectivity index is 2.61. The van der Waals surface area contributed by atoms with Crippen molar-refractivity contribution in [2.75, 3.05) is 0 Å². The summed E-state index contributed by atoms with van der Waals surface area (Å²) in [5.41, 5.74) is 0.870. The molecule has 1 radical (unpaired) electrons. The quantitative estimate of drug-likeness (QED) is 0.635. The molecule has 0 saturated heterocycles. The highest BCUT2D eigenvalue weighted by Crippen LogP contribution is 2.08. The minimum atomic E-state index is 0.207. The number of aromatic nitrogens is 1. The van der Waals surface area contributed by atoms with Gasteiger partial charge in [-0.15, -0.1) is 0 Å². The standard InChI is InChI=1S/C6H7ClNO/c1-2-3-5-4-9-6(7)8-5/h4H,1-3H2. The molecule has 0 aliphatic rings. The van der Waals surface area contributed by atoms with Crippen LogP contribution in [-0.4, -0.2) is 4.98 Å². The highest BCUT2D eigenvalue weighted by Gasteiger charge is 1.97. The van der Waals surface area contributed by atoms with Gasteiger partial charge in [-0.3, -0.25) is 0 Å². The van der Waals surface area contributed by atoms with Crippen molar-refractivity contribution in [3.05, 3.63) is 24.2 Å². The van der Waals surface area contributed by atoms with E-state index in [2.05, 4.69) is 11.9 Å². The highest BCUT2D eigenvalue weighted by atomic mass is 35.5. The molecule has 1 heterocycles. The van der Waals surface area contributed by atoms with Gasteiger partial charge in [0.2, 0.25) is 0 Å². The van der Waals surface area contributed by atoms with Gasteiger partial charge in [0.25, 0.3) is 5.35 Å². The normalized spacial score (nSPS) is 10.0. The van der Waals surface area contributed by atoms with Gasteiger partial charge in [0, 0.05) is 0 Å². The maximum absolute atomic E-state index is 5.40. The summed E-state index contributed by atoms with van der Waals surface area (Å²) in [6, 6.07) is 0. The van der Waals surface area contributed by atoms with E-state index in [1.165, 1.54) is 0 Å². The van der Waals surface area contributed by atoms with Crippen LogP contribution in [0.25, 0.3) is 0 Å². The fourth-order valence-electron chi connectivity index (χ4n) is 0.578. The molecular formula is C6H7ClNO. The monoisotopic (exact) mass is 144 g/mol. The molecule has 3 heteroatoms. The predicted molar refractivity (Wildman–Crippen MR) is 35.2 cm³/mol. The van der Waals surface area contributed by atoms with E-state index in [4.69, 9.17) is 16.0 Å². The second-order valence-electron chi connectivity index (χ2n) is 1.70. The maximum Gasteiger partial charge on any atom is 0.292 e. The molecule has 1 aromatic rings. The van der Waals surface area contributed by atoms with Crippen LogP contribution in [0.15, 0.2) is 10.7 Å². The van der Waals surface area contributed by atoms with Crippen molar-refractivity contribution in [1.82, 2.24) is 4.98 Å². The second kappa shape index (κ2) is 2.87. The van der Waals surface area contributed by atoms with E-state index in [0.717, 1.165) is 18.5 Å². The predicted octanol–water partition coefficient (Wildman–Crippen LogP) is 2.09. The van der Waals surface area contributed by atoms with Gasteiger partial charge < -0.3 is 4.42 Å². The Morgan fingerprint density at radius 2 is 2.56 bits per heavy atom. The number of rotatable bonds is 2. The molecule has 0 spiro atoms. The molecule has 0 N–H and O–H groups in total. The first-order chi connectivity index (χ1) is 4.33. The first-order valence-electron chi connectivity index (χ1n) is 2.72. The van der Waals surface area contributed by atoms with Crippen LogP contribution in [0.5, 0.6) is 0 Å². The number of hydrogen-bond donors (Lipinski definition) is 0. The van der Waals surface area contributed by atoms with E-state index < -0.39 is 0 Å². The van der Waals surface area contributed by atoms with Crippen molar-refractivity contribution < 1.29 is 4.42 Å². The molecule has 0 aromatic carbocycles. The summed E-state index contributed by atoms with van der Waals surface area (Å²) in [6.45, 7) is 3.67. The van der Waals surface area contributed by atoms with Crippen LogP contribution in [0.1, 0.15) is 12.1 Å². The van der Waals surface area contributed by atoms with Crippen molar-refractivity contribution in [1.29, 1.82) is 0 Å². The molecule has 1 rings (SSSR count). The lowest BCUT2D eigenvalue weighted by Gasteiger charge is -1.83. The third-order valence-electron chi connectivity index (χ3n) is 0.957. The van der Waals surface area contributed by atoms with Gasteiger partial charge in [-0.25, -0.2) is 4.98 Å². The van der Waals surface area contributed by atoms with Gasteiger partial charge in [-0.05, 0) is 24.4 Å². The summed E-state index contributed by atoms with van der Waals surface area (Å²) in [4.78, 5) is 3.86. The van der Waals surface area contributed by atoms with Crippen molar-refractivity contribution in [2.45, 2.75) is 12.8 Å². The van der Waals surface area contributed by atoms with Gasteiger partial charge >= 0.3 is 0 Å². The van der Waals surface area contributed by atoms with E-state index in [-0.39, 0.29) is 5.35 Å². The zero-order valence-electron chi connectivity index (χ0n) is 4.93. The SMILES string of the molecule is [CH2]CCc1coc(Cl)n1. The summed E-state index contributed by atoms with van der Waals surface area (Å²) < 4.78 is 4.74. The van der Waals surface area contributed by atoms with Crippen LogP contribution in [0.3, 0.4) is 0 Å². The van der Waals surface area contributed by atoms with Gasteiger partial charge in [0.05, 0.1) is 5.69 Å². The van der Waals surface area contributed by atoms with Crippen LogP contribution in [-0.2, 0) is 6.42 Å².